The fourth-order valence-corrected chi connectivity index (χ4v) is 5.38. The molecule has 1 atom stereocenters. The Labute approximate surface area is 220 Å². The van der Waals surface area contributed by atoms with Crippen molar-refractivity contribution in [2.45, 2.75) is 44.8 Å². The first-order valence-corrected chi connectivity index (χ1v) is 12.8. The number of rotatable bonds is 6. The van der Waals surface area contributed by atoms with E-state index in [2.05, 4.69) is 24.6 Å². The first kappa shape index (κ1) is 24.4. The Morgan fingerprint density at radius 2 is 1.95 bits per heavy atom. The lowest BCUT2D eigenvalue weighted by Gasteiger charge is -2.24. The summed E-state index contributed by atoms with van der Waals surface area (Å²) >= 11 is 6.27. The molecular formula is C27H23ClF2N6O2. The molecule has 1 N–H and O–H groups in total. The number of halogens is 3. The van der Waals surface area contributed by atoms with Crippen LogP contribution in [-0.4, -0.2) is 29.7 Å². The van der Waals surface area contributed by atoms with Gasteiger partial charge in [-0.15, -0.1) is 0 Å². The van der Waals surface area contributed by atoms with Crippen molar-refractivity contribution < 1.29 is 13.3 Å². The number of benzene rings is 1. The van der Waals surface area contributed by atoms with Crippen LogP contribution in [0.1, 0.15) is 49.7 Å². The minimum Gasteiger partial charge on any atom is -0.323 e. The van der Waals surface area contributed by atoms with Crippen LogP contribution in [0.3, 0.4) is 0 Å². The smallest absolute Gasteiger partial charge is 0.323 e. The third kappa shape index (κ3) is 4.60. The number of aromatic nitrogens is 6. The van der Waals surface area contributed by atoms with Gasteiger partial charge in [0, 0.05) is 30.1 Å². The van der Waals surface area contributed by atoms with Gasteiger partial charge in [0.25, 0.3) is 0 Å². The SMILES string of the molecule is O=c1[nH]c(-c2cc3nc([C@H](F)c4ccccc4F)n(CC4CCCCC4)c3c(-c3cncc(Cl)c3)n2)no1. The Morgan fingerprint density at radius 3 is 2.68 bits per heavy atom. The van der Waals surface area contributed by atoms with Crippen LogP contribution < -0.4 is 5.76 Å². The first-order valence-electron chi connectivity index (χ1n) is 12.4. The number of nitrogens with zero attached hydrogens (tertiary/aromatic N) is 5. The number of hydrogen-bond donors (Lipinski definition) is 1. The maximum Gasteiger partial charge on any atom is 0.439 e. The molecule has 0 unspecified atom stereocenters. The molecule has 1 saturated carbocycles. The molecule has 1 fully saturated rings. The maximum absolute atomic E-state index is 16.2. The molecule has 0 aliphatic heterocycles. The highest BCUT2D eigenvalue weighted by Crippen LogP contribution is 2.37. The normalized spacial score (nSPS) is 15.2. The van der Waals surface area contributed by atoms with Crippen molar-refractivity contribution in [2.75, 3.05) is 0 Å². The summed E-state index contributed by atoms with van der Waals surface area (Å²) in [5.74, 6) is -0.888. The second kappa shape index (κ2) is 10.1. The van der Waals surface area contributed by atoms with Crippen LogP contribution in [0.25, 0.3) is 33.8 Å². The summed E-state index contributed by atoms with van der Waals surface area (Å²) in [4.78, 5) is 27.8. The van der Waals surface area contributed by atoms with E-state index in [0.29, 0.717) is 39.8 Å². The average Bonchev–Trinajstić information content (AvgIpc) is 3.52. The molecule has 38 heavy (non-hydrogen) atoms. The Bertz CT molecular complexity index is 1670. The Balaban J connectivity index is 1.62. The van der Waals surface area contributed by atoms with Crippen LogP contribution in [0.4, 0.5) is 8.78 Å². The highest BCUT2D eigenvalue weighted by atomic mass is 35.5. The van der Waals surface area contributed by atoms with E-state index in [-0.39, 0.29) is 22.9 Å². The van der Waals surface area contributed by atoms with Gasteiger partial charge in [-0.25, -0.2) is 23.5 Å². The van der Waals surface area contributed by atoms with E-state index in [1.807, 2.05) is 4.57 Å². The maximum atomic E-state index is 16.2. The van der Waals surface area contributed by atoms with E-state index in [0.717, 1.165) is 25.7 Å². The topological polar surface area (TPSA) is 102 Å². The number of alkyl halides is 1. The van der Waals surface area contributed by atoms with Gasteiger partial charge in [0.15, 0.2) is 6.17 Å². The van der Waals surface area contributed by atoms with Crippen molar-refractivity contribution in [2.24, 2.45) is 5.92 Å². The van der Waals surface area contributed by atoms with E-state index < -0.39 is 17.7 Å². The van der Waals surface area contributed by atoms with Gasteiger partial charge in [-0.05, 0) is 37.0 Å². The highest BCUT2D eigenvalue weighted by molar-refractivity contribution is 6.30. The van der Waals surface area contributed by atoms with Crippen LogP contribution in [0.5, 0.6) is 0 Å². The van der Waals surface area contributed by atoms with Crippen LogP contribution in [0, 0.1) is 11.7 Å². The molecule has 1 aromatic carbocycles. The molecule has 4 aromatic heterocycles. The molecule has 8 nitrogen and oxygen atoms in total. The summed E-state index contributed by atoms with van der Waals surface area (Å²) in [6.45, 7) is 0.503. The van der Waals surface area contributed by atoms with E-state index in [9.17, 15) is 9.18 Å². The zero-order valence-corrected chi connectivity index (χ0v) is 21.0. The van der Waals surface area contributed by atoms with Crippen molar-refractivity contribution in [1.82, 2.24) is 29.7 Å². The predicted octanol–water partition coefficient (Wildman–Crippen LogP) is 6.27. The van der Waals surface area contributed by atoms with Gasteiger partial charge in [-0.2, -0.15) is 0 Å². The fraction of sp³-hybridized carbons (Fsp3) is 0.296. The minimum atomic E-state index is -1.81. The number of pyridine rings is 2. The summed E-state index contributed by atoms with van der Waals surface area (Å²) in [7, 11) is 0. The summed E-state index contributed by atoms with van der Waals surface area (Å²) in [5, 5.41) is 4.15. The third-order valence-electron chi connectivity index (χ3n) is 6.99. The number of fused-ring (bicyclic) bond motifs is 1. The van der Waals surface area contributed by atoms with Crippen molar-refractivity contribution >= 4 is 22.6 Å². The molecule has 0 amide bonds. The Hall–Kier alpha value is -3.92. The summed E-state index contributed by atoms with van der Waals surface area (Å²) in [5.41, 5.74) is 2.18. The third-order valence-corrected chi connectivity index (χ3v) is 7.19. The number of hydrogen-bond acceptors (Lipinski definition) is 6. The highest BCUT2D eigenvalue weighted by Gasteiger charge is 2.29. The first-order chi connectivity index (χ1) is 18.5. The van der Waals surface area contributed by atoms with Crippen molar-refractivity contribution in [3.8, 4) is 22.8 Å². The van der Waals surface area contributed by atoms with E-state index in [1.165, 1.54) is 30.8 Å². The van der Waals surface area contributed by atoms with Gasteiger partial charge in [-0.3, -0.25) is 14.5 Å². The van der Waals surface area contributed by atoms with Gasteiger partial charge in [-0.1, -0.05) is 54.2 Å². The second-order valence-corrected chi connectivity index (χ2v) is 9.96. The average molecular weight is 537 g/mol. The zero-order valence-electron chi connectivity index (χ0n) is 20.2. The molecule has 1 aliphatic rings. The molecule has 4 heterocycles. The van der Waals surface area contributed by atoms with Crippen molar-refractivity contribution in [1.29, 1.82) is 0 Å². The molecule has 5 aromatic rings. The molecular weight excluding hydrogens is 514 g/mol. The Kier molecular flexibility index (Phi) is 6.49. The van der Waals surface area contributed by atoms with Gasteiger partial charge < -0.3 is 4.57 Å². The number of aromatic amines is 1. The van der Waals surface area contributed by atoms with Gasteiger partial charge in [0.2, 0.25) is 5.82 Å². The number of H-pyrrole nitrogens is 1. The second-order valence-electron chi connectivity index (χ2n) is 9.53. The number of imidazole rings is 1. The summed E-state index contributed by atoms with van der Waals surface area (Å²) < 4.78 is 37.3. The lowest BCUT2D eigenvalue weighted by Crippen LogP contribution is -2.18. The monoisotopic (exact) mass is 536 g/mol. The molecule has 11 heteroatoms. The number of nitrogens with one attached hydrogen (secondary N) is 1. The van der Waals surface area contributed by atoms with Gasteiger partial charge in [0.1, 0.15) is 17.3 Å². The predicted molar refractivity (Wildman–Crippen MR) is 138 cm³/mol. The fourth-order valence-electron chi connectivity index (χ4n) is 5.20. The van der Waals surface area contributed by atoms with Crippen LogP contribution >= 0.6 is 11.6 Å². The minimum absolute atomic E-state index is 0.0829. The largest absolute Gasteiger partial charge is 0.439 e. The zero-order chi connectivity index (χ0) is 26.2. The molecule has 6 rings (SSSR count). The summed E-state index contributed by atoms with van der Waals surface area (Å²) in [6, 6.07) is 9.10. The van der Waals surface area contributed by atoms with Gasteiger partial charge in [0.05, 0.1) is 21.7 Å². The van der Waals surface area contributed by atoms with Crippen LogP contribution in [0.15, 0.2) is 58.1 Å². The van der Waals surface area contributed by atoms with Gasteiger partial charge >= 0.3 is 5.76 Å². The molecule has 0 bridgehead atoms. The lowest BCUT2D eigenvalue weighted by atomic mass is 9.89. The van der Waals surface area contributed by atoms with Crippen molar-refractivity contribution in [3.63, 3.8) is 0 Å². The molecule has 0 radical (unpaired) electrons. The van der Waals surface area contributed by atoms with E-state index in [4.69, 9.17) is 16.6 Å². The Morgan fingerprint density at radius 1 is 1.13 bits per heavy atom. The van der Waals surface area contributed by atoms with Crippen LogP contribution in [0.2, 0.25) is 5.02 Å². The van der Waals surface area contributed by atoms with Crippen LogP contribution in [-0.2, 0) is 6.54 Å². The lowest BCUT2D eigenvalue weighted by molar-refractivity contribution is 0.302. The molecule has 0 saturated heterocycles. The molecule has 0 spiro atoms. The molecule has 1 aliphatic carbocycles. The quantitative estimate of drug-likeness (QED) is 0.274. The summed E-state index contributed by atoms with van der Waals surface area (Å²) in [6.07, 6.45) is 6.69. The molecule has 194 valence electrons. The van der Waals surface area contributed by atoms with E-state index in [1.54, 1.807) is 24.4 Å². The van der Waals surface area contributed by atoms with E-state index >= 15 is 4.39 Å². The standard InChI is InChI=1S/C27H23ClF2N6O2/c28-17-10-16(12-31-13-17)23-24-20(11-21(32-23)25-34-27(37)38-35-25)33-26(22(30)18-8-4-5-9-19(18)29)36(24)14-15-6-2-1-3-7-15/h4-5,8-13,15,22H,1-3,6-7,14H2,(H,34,35,37)/t22-/m1/s1. The van der Waals surface area contributed by atoms with Crippen molar-refractivity contribution in [3.05, 3.63) is 81.6 Å².